The summed E-state index contributed by atoms with van der Waals surface area (Å²) in [7, 11) is 1.44. The molecule has 0 atom stereocenters. The van der Waals surface area contributed by atoms with Crippen molar-refractivity contribution in [3.05, 3.63) is 54.0 Å². The number of aromatic nitrogens is 4. The van der Waals surface area contributed by atoms with Gasteiger partial charge in [0.05, 0.1) is 6.54 Å². The first-order valence-electron chi connectivity index (χ1n) is 11.8. The van der Waals surface area contributed by atoms with Crippen molar-refractivity contribution in [2.24, 2.45) is 0 Å². The summed E-state index contributed by atoms with van der Waals surface area (Å²) in [6.07, 6.45) is 4.69. The van der Waals surface area contributed by atoms with Crippen LogP contribution in [0.25, 0.3) is 11.4 Å². The van der Waals surface area contributed by atoms with E-state index in [0.717, 1.165) is 47.7 Å². The minimum atomic E-state index is -1.10. The summed E-state index contributed by atoms with van der Waals surface area (Å²) in [6, 6.07) is 11.3. The van der Waals surface area contributed by atoms with E-state index < -0.39 is 6.09 Å². The normalized spacial score (nSPS) is 13.6. The predicted molar refractivity (Wildman–Crippen MR) is 134 cm³/mol. The number of benzene rings is 1. The van der Waals surface area contributed by atoms with Gasteiger partial charge in [-0.05, 0) is 50.5 Å². The van der Waals surface area contributed by atoms with Gasteiger partial charge in [0.1, 0.15) is 11.6 Å². The molecule has 0 bridgehead atoms. The van der Waals surface area contributed by atoms with E-state index in [4.69, 9.17) is 0 Å². The SMILES string of the molecule is Cc1ccccc1NC(=O)N(CCn1nc(-c2ccnc(N(C)C(=O)O)c2)nc1C)C1CCCC1. The average Bonchev–Trinajstić information content (AvgIpc) is 3.50. The van der Waals surface area contributed by atoms with Crippen LogP contribution in [0.1, 0.15) is 37.1 Å². The fourth-order valence-corrected chi connectivity index (χ4v) is 4.36. The van der Waals surface area contributed by atoms with E-state index in [1.165, 1.54) is 13.2 Å². The van der Waals surface area contributed by atoms with Gasteiger partial charge in [-0.15, -0.1) is 0 Å². The summed E-state index contributed by atoms with van der Waals surface area (Å²) in [4.78, 5) is 36.2. The summed E-state index contributed by atoms with van der Waals surface area (Å²) in [5.74, 6) is 1.50. The number of rotatable bonds is 7. The third-order valence-electron chi connectivity index (χ3n) is 6.46. The van der Waals surface area contributed by atoms with E-state index in [9.17, 15) is 14.7 Å². The highest BCUT2D eigenvalue weighted by atomic mass is 16.4. The van der Waals surface area contributed by atoms with Crippen molar-refractivity contribution >= 4 is 23.6 Å². The lowest BCUT2D eigenvalue weighted by Gasteiger charge is -2.29. The number of hydrogen-bond donors (Lipinski definition) is 2. The zero-order chi connectivity index (χ0) is 24.9. The number of hydrogen-bond acceptors (Lipinski definition) is 5. The lowest BCUT2D eigenvalue weighted by molar-refractivity contribution is 0.184. The van der Waals surface area contributed by atoms with Gasteiger partial charge in [-0.1, -0.05) is 31.0 Å². The Morgan fingerprint density at radius 3 is 2.63 bits per heavy atom. The zero-order valence-electron chi connectivity index (χ0n) is 20.3. The maximum absolute atomic E-state index is 13.3. The molecule has 10 nitrogen and oxygen atoms in total. The number of pyridine rings is 1. The molecule has 10 heteroatoms. The lowest BCUT2D eigenvalue weighted by Crippen LogP contribution is -2.43. The number of nitrogens with zero attached hydrogens (tertiary/aromatic N) is 6. The third kappa shape index (κ3) is 5.59. The molecule has 184 valence electrons. The van der Waals surface area contributed by atoms with E-state index in [1.807, 2.05) is 43.0 Å². The molecule has 1 aliphatic carbocycles. The quantitative estimate of drug-likeness (QED) is 0.516. The molecule has 2 N–H and O–H groups in total. The number of carbonyl (C=O) groups is 2. The average molecular weight is 478 g/mol. The molecule has 0 saturated heterocycles. The van der Waals surface area contributed by atoms with Gasteiger partial charge >= 0.3 is 12.1 Å². The Hall–Kier alpha value is -3.95. The predicted octanol–water partition coefficient (Wildman–Crippen LogP) is 4.55. The Balaban J connectivity index is 1.50. The first kappa shape index (κ1) is 24.2. The van der Waals surface area contributed by atoms with Crippen LogP contribution in [0, 0.1) is 13.8 Å². The van der Waals surface area contributed by atoms with Crippen LogP contribution in [-0.2, 0) is 6.54 Å². The van der Waals surface area contributed by atoms with Gasteiger partial charge in [0.15, 0.2) is 5.82 Å². The summed E-state index contributed by atoms with van der Waals surface area (Å²) in [6.45, 7) is 4.86. The first-order chi connectivity index (χ1) is 16.8. The molecule has 1 fully saturated rings. The number of amides is 3. The minimum absolute atomic E-state index is 0.0975. The molecule has 1 aliphatic rings. The van der Waals surface area contributed by atoms with Gasteiger partial charge in [0, 0.05) is 37.1 Å². The molecule has 2 aromatic heterocycles. The van der Waals surface area contributed by atoms with Crippen LogP contribution in [0.3, 0.4) is 0 Å². The molecule has 0 unspecified atom stereocenters. The number of urea groups is 1. The summed E-state index contributed by atoms with van der Waals surface area (Å²) in [5.41, 5.74) is 2.52. The van der Waals surface area contributed by atoms with Crippen molar-refractivity contribution in [2.45, 2.75) is 52.1 Å². The van der Waals surface area contributed by atoms with Crippen molar-refractivity contribution in [1.82, 2.24) is 24.6 Å². The molecule has 1 saturated carbocycles. The van der Waals surface area contributed by atoms with Crippen LogP contribution < -0.4 is 10.2 Å². The lowest BCUT2D eigenvalue weighted by atomic mass is 10.2. The third-order valence-corrected chi connectivity index (χ3v) is 6.46. The van der Waals surface area contributed by atoms with Crippen LogP contribution in [0.4, 0.5) is 21.1 Å². The summed E-state index contributed by atoms with van der Waals surface area (Å²) < 4.78 is 1.79. The second kappa shape index (κ2) is 10.5. The van der Waals surface area contributed by atoms with Crippen LogP contribution >= 0.6 is 0 Å². The largest absolute Gasteiger partial charge is 0.465 e. The molecule has 0 aliphatic heterocycles. The molecule has 4 rings (SSSR count). The zero-order valence-corrected chi connectivity index (χ0v) is 20.3. The first-order valence-corrected chi connectivity index (χ1v) is 11.8. The number of anilines is 2. The topological polar surface area (TPSA) is 116 Å². The second-order valence-electron chi connectivity index (χ2n) is 8.83. The van der Waals surface area contributed by atoms with Gasteiger partial charge < -0.3 is 15.3 Å². The number of carbonyl (C=O) groups excluding carboxylic acids is 1. The van der Waals surface area contributed by atoms with E-state index in [1.54, 1.807) is 16.8 Å². The fraction of sp³-hybridized carbons (Fsp3) is 0.400. The van der Waals surface area contributed by atoms with Gasteiger partial charge in [0.25, 0.3) is 0 Å². The Labute approximate surface area is 204 Å². The maximum Gasteiger partial charge on any atom is 0.412 e. The highest BCUT2D eigenvalue weighted by molar-refractivity contribution is 5.90. The molecule has 2 heterocycles. The standard InChI is InChI=1S/C25H31N7O3/c1-17-8-4-7-11-21(17)28-24(33)31(20-9-5-6-10-20)14-15-32-18(2)27-23(29-32)19-12-13-26-22(16-19)30(3)25(34)35/h4,7-8,11-13,16,20H,5-6,9-10,14-15H2,1-3H3,(H,28,33)(H,34,35). The van der Waals surface area contributed by atoms with Crippen LogP contribution in [0.2, 0.25) is 0 Å². The monoisotopic (exact) mass is 477 g/mol. The number of nitrogens with one attached hydrogen (secondary N) is 1. The van der Waals surface area contributed by atoms with Crippen molar-refractivity contribution in [1.29, 1.82) is 0 Å². The number of aryl methyl sites for hydroxylation is 2. The van der Waals surface area contributed by atoms with Crippen LogP contribution in [-0.4, -0.2) is 61.5 Å². The fourth-order valence-electron chi connectivity index (χ4n) is 4.36. The Morgan fingerprint density at radius 2 is 1.91 bits per heavy atom. The van der Waals surface area contributed by atoms with Crippen molar-refractivity contribution in [3.8, 4) is 11.4 Å². The Bertz CT molecular complexity index is 1200. The maximum atomic E-state index is 13.3. The van der Waals surface area contributed by atoms with Crippen molar-refractivity contribution < 1.29 is 14.7 Å². The number of para-hydroxylation sites is 1. The van der Waals surface area contributed by atoms with Crippen molar-refractivity contribution in [3.63, 3.8) is 0 Å². The Kier molecular flexibility index (Phi) is 7.28. The van der Waals surface area contributed by atoms with Gasteiger partial charge in [-0.3, -0.25) is 4.90 Å². The molecular formula is C25H31N7O3. The highest BCUT2D eigenvalue weighted by Crippen LogP contribution is 2.25. The molecule has 0 radical (unpaired) electrons. The van der Waals surface area contributed by atoms with E-state index in [2.05, 4.69) is 20.4 Å². The smallest absolute Gasteiger partial charge is 0.412 e. The number of carboxylic acid groups (broad SMARTS) is 1. The molecule has 35 heavy (non-hydrogen) atoms. The van der Waals surface area contributed by atoms with E-state index in [0.29, 0.717) is 30.3 Å². The molecule has 3 amide bonds. The minimum Gasteiger partial charge on any atom is -0.465 e. The van der Waals surface area contributed by atoms with Crippen molar-refractivity contribution in [2.75, 3.05) is 23.8 Å². The van der Waals surface area contributed by atoms with Crippen LogP contribution in [0.5, 0.6) is 0 Å². The molecule has 0 spiro atoms. The molecular weight excluding hydrogens is 446 g/mol. The Morgan fingerprint density at radius 1 is 1.17 bits per heavy atom. The second-order valence-corrected chi connectivity index (χ2v) is 8.83. The molecule has 3 aromatic rings. The van der Waals surface area contributed by atoms with E-state index >= 15 is 0 Å². The highest BCUT2D eigenvalue weighted by Gasteiger charge is 2.27. The molecule has 1 aromatic carbocycles. The summed E-state index contributed by atoms with van der Waals surface area (Å²) >= 11 is 0. The van der Waals surface area contributed by atoms with E-state index in [-0.39, 0.29) is 12.1 Å². The van der Waals surface area contributed by atoms with Crippen LogP contribution in [0.15, 0.2) is 42.6 Å². The summed E-state index contributed by atoms with van der Waals surface area (Å²) in [5, 5.41) is 16.9. The van der Waals surface area contributed by atoms with Gasteiger partial charge in [-0.2, -0.15) is 5.10 Å². The van der Waals surface area contributed by atoms with Gasteiger partial charge in [0.2, 0.25) is 0 Å². The van der Waals surface area contributed by atoms with Gasteiger partial charge in [-0.25, -0.2) is 24.2 Å².